The van der Waals surface area contributed by atoms with Gasteiger partial charge in [-0.3, -0.25) is 0 Å². The molecule has 3 rings (SSSR count). The van der Waals surface area contributed by atoms with Crippen molar-refractivity contribution >= 4 is 0 Å². The van der Waals surface area contributed by atoms with Crippen LogP contribution < -0.4 is 9.47 Å². The fraction of sp³-hybridized carbons (Fsp3) is 0.638. The normalized spacial score (nSPS) is 13.6. The summed E-state index contributed by atoms with van der Waals surface area (Å²) in [5.41, 5.74) is 6.45. The highest BCUT2D eigenvalue weighted by atomic mass is 16.5. The van der Waals surface area contributed by atoms with E-state index in [4.69, 9.17) is 25.3 Å². The molecule has 0 saturated heterocycles. The zero-order valence-electron chi connectivity index (χ0n) is 42.9. The molecule has 2 N–H and O–H groups in total. The first kappa shape index (κ1) is 58.3. The highest BCUT2D eigenvalue weighted by Crippen LogP contribution is 2.37. The first-order chi connectivity index (χ1) is 31.1. The van der Waals surface area contributed by atoms with Gasteiger partial charge in [0.1, 0.15) is 0 Å². The number of nitriles is 3. The van der Waals surface area contributed by atoms with Crippen molar-refractivity contribution in [3.8, 4) is 41.2 Å². The number of methoxy groups -OCH3 is 2. The fourth-order valence-electron chi connectivity index (χ4n) is 8.93. The summed E-state index contributed by atoms with van der Waals surface area (Å²) in [6.07, 6.45) is 19.1. The van der Waals surface area contributed by atoms with E-state index in [-0.39, 0.29) is 29.3 Å². The Balaban J connectivity index is 0.000000489. The predicted molar refractivity (Wildman–Crippen MR) is 271 cm³/mol. The molecule has 0 fully saturated rings. The lowest BCUT2D eigenvalue weighted by atomic mass is 9.82. The van der Waals surface area contributed by atoms with Crippen molar-refractivity contribution in [2.75, 3.05) is 14.2 Å². The molecule has 0 saturated carbocycles. The minimum absolute atomic E-state index is 0.188. The number of benzene rings is 3. The number of phenols is 2. The molecule has 6 atom stereocenters. The van der Waals surface area contributed by atoms with Crippen LogP contribution in [0.5, 0.6) is 23.0 Å². The molecule has 0 radical (unpaired) electrons. The Morgan fingerprint density at radius 3 is 1.60 bits per heavy atom. The Bertz CT molecular complexity index is 1870. The number of nitrogens with zero attached hydrogens (tertiary/aromatic N) is 3. The minimum Gasteiger partial charge on any atom is -0.504 e. The van der Waals surface area contributed by atoms with E-state index in [0.717, 1.165) is 69.8 Å². The topological polar surface area (TPSA) is 130 Å². The number of aromatic hydroxyl groups is 2. The van der Waals surface area contributed by atoms with Crippen molar-refractivity contribution in [1.29, 1.82) is 15.8 Å². The first-order valence-corrected chi connectivity index (χ1v) is 25.1. The van der Waals surface area contributed by atoms with Crippen LogP contribution in [-0.2, 0) is 6.42 Å². The number of ether oxygens (including phenoxy) is 2. The maximum atomic E-state index is 9.79. The van der Waals surface area contributed by atoms with Gasteiger partial charge in [-0.05, 0) is 148 Å². The number of hydrogen-bond acceptors (Lipinski definition) is 7. The van der Waals surface area contributed by atoms with Crippen LogP contribution in [0, 0.1) is 83.3 Å². The van der Waals surface area contributed by atoms with Crippen LogP contribution in [0.15, 0.2) is 54.6 Å². The van der Waals surface area contributed by atoms with Crippen molar-refractivity contribution in [1.82, 2.24) is 0 Å². The van der Waals surface area contributed by atoms with Gasteiger partial charge in [0.15, 0.2) is 23.0 Å². The van der Waals surface area contributed by atoms with E-state index in [1.54, 1.807) is 26.4 Å². The molecule has 0 spiro atoms. The summed E-state index contributed by atoms with van der Waals surface area (Å²) in [6.45, 7) is 21.8. The third-order valence-corrected chi connectivity index (χ3v) is 13.4. The largest absolute Gasteiger partial charge is 0.504 e. The van der Waals surface area contributed by atoms with Crippen molar-refractivity contribution in [3.05, 3.63) is 82.4 Å². The highest BCUT2D eigenvalue weighted by molar-refractivity contribution is 5.49. The number of rotatable bonds is 27. The second kappa shape index (κ2) is 33.8. The molecule has 0 aliphatic heterocycles. The van der Waals surface area contributed by atoms with Gasteiger partial charge in [-0.25, -0.2) is 0 Å². The lowest BCUT2D eigenvalue weighted by molar-refractivity contribution is 0.369. The molecule has 65 heavy (non-hydrogen) atoms. The van der Waals surface area contributed by atoms with Crippen LogP contribution in [0.1, 0.15) is 198 Å². The second-order valence-corrected chi connectivity index (χ2v) is 19.3. The highest BCUT2D eigenvalue weighted by Gasteiger charge is 2.19. The Labute approximate surface area is 397 Å². The van der Waals surface area contributed by atoms with Gasteiger partial charge in [0.2, 0.25) is 0 Å². The SMILES string of the molecule is CCC(C#N)CCCCC(c1ccc(O)c(OC)c1)C(C)C.CCC(C#N)CCCCC(c1ccccc1C)C(C)C.COc1c(O)ccc(CC(C)CCCCCCC(C)C#N)c1C. The number of phenolic OH excluding ortho intramolecular Hbond substituents is 2. The summed E-state index contributed by atoms with van der Waals surface area (Å²) in [4.78, 5) is 0. The summed E-state index contributed by atoms with van der Waals surface area (Å²) in [5.74, 6) is 5.14. The monoisotopic (exact) mass is 892 g/mol. The molecule has 360 valence electrons. The van der Waals surface area contributed by atoms with Crippen LogP contribution in [0.25, 0.3) is 0 Å². The van der Waals surface area contributed by atoms with Crippen molar-refractivity contribution in [3.63, 3.8) is 0 Å². The van der Waals surface area contributed by atoms with Gasteiger partial charge in [0.25, 0.3) is 0 Å². The molecular formula is C58H89N3O4. The lowest BCUT2D eigenvalue weighted by Crippen LogP contribution is -2.08. The molecule has 0 amide bonds. The Morgan fingerprint density at radius 1 is 0.569 bits per heavy atom. The van der Waals surface area contributed by atoms with Crippen LogP contribution in [0.3, 0.4) is 0 Å². The van der Waals surface area contributed by atoms with Crippen molar-refractivity contribution in [2.45, 2.75) is 190 Å². The van der Waals surface area contributed by atoms with E-state index >= 15 is 0 Å². The Morgan fingerprint density at radius 2 is 1.09 bits per heavy atom. The van der Waals surface area contributed by atoms with E-state index in [2.05, 4.69) is 97.9 Å². The van der Waals surface area contributed by atoms with E-state index in [9.17, 15) is 10.2 Å². The van der Waals surface area contributed by atoms with Crippen LogP contribution in [0.4, 0.5) is 0 Å². The molecule has 0 aromatic heterocycles. The predicted octanol–water partition coefficient (Wildman–Crippen LogP) is 16.5. The number of hydrogen-bond donors (Lipinski definition) is 2. The average Bonchev–Trinajstić information content (AvgIpc) is 3.29. The Hall–Kier alpha value is -4.67. The smallest absolute Gasteiger partial charge is 0.163 e. The van der Waals surface area contributed by atoms with Crippen LogP contribution >= 0.6 is 0 Å². The van der Waals surface area contributed by atoms with Gasteiger partial charge in [0.05, 0.1) is 32.4 Å². The zero-order valence-corrected chi connectivity index (χ0v) is 42.9. The van der Waals surface area contributed by atoms with E-state index in [0.29, 0.717) is 41.1 Å². The molecule has 7 nitrogen and oxygen atoms in total. The van der Waals surface area contributed by atoms with Gasteiger partial charge in [-0.1, -0.05) is 143 Å². The van der Waals surface area contributed by atoms with E-state index in [1.807, 2.05) is 32.0 Å². The summed E-state index contributed by atoms with van der Waals surface area (Å²) in [5, 5.41) is 46.3. The summed E-state index contributed by atoms with van der Waals surface area (Å²) in [7, 11) is 3.18. The Kier molecular flexibility index (Phi) is 30.3. The maximum absolute atomic E-state index is 9.79. The average molecular weight is 892 g/mol. The van der Waals surface area contributed by atoms with E-state index in [1.165, 1.54) is 67.2 Å². The van der Waals surface area contributed by atoms with Gasteiger partial charge >= 0.3 is 0 Å². The third-order valence-electron chi connectivity index (χ3n) is 13.4. The quantitative estimate of drug-likeness (QED) is 0.0729. The molecule has 0 aliphatic carbocycles. The standard InChI is InChI=1S/C20H31NO2.C19H29NO2.C19H29N/c1-15(9-7-5-6-8-10-16(2)14-21)13-18-11-12-19(22)20(23-4)17(18)3;1-5-15(13-20)8-6-7-9-17(14(2)3)16-10-11-18(21)19(12-16)22-4;1-5-17(14-20)11-7-9-12-18(15(2)3)19-13-8-6-10-16(19)4/h11-12,15-16,22H,5-10,13H2,1-4H3;10-12,14-15,17,21H,5-9H2,1-4H3;6,8,10,13,15,17-18H,5,7,9,11-12H2,1-4H3. The molecule has 7 heteroatoms. The molecule has 3 aromatic rings. The summed E-state index contributed by atoms with van der Waals surface area (Å²) >= 11 is 0. The van der Waals surface area contributed by atoms with E-state index < -0.39 is 0 Å². The lowest BCUT2D eigenvalue weighted by Gasteiger charge is -2.23. The first-order valence-electron chi connectivity index (χ1n) is 25.1. The van der Waals surface area contributed by atoms with Gasteiger partial charge in [0, 0.05) is 17.8 Å². The maximum Gasteiger partial charge on any atom is 0.163 e. The molecule has 0 bridgehead atoms. The van der Waals surface area contributed by atoms with Crippen molar-refractivity contribution in [2.24, 2.45) is 35.5 Å². The van der Waals surface area contributed by atoms with Crippen LogP contribution in [-0.4, -0.2) is 24.4 Å². The fourth-order valence-corrected chi connectivity index (χ4v) is 8.93. The van der Waals surface area contributed by atoms with Crippen LogP contribution in [0.2, 0.25) is 0 Å². The molecular weight excluding hydrogens is 803 g/mol. The van der Waals surface area contributed by atoms with Gasteiger partial charge < -0.3 is 19.7 Å². The molecule has 0 heterocycles. The number of aryl methyl sites for hydroxylation is 1. The number of unbranched alkanes of at least 4 members (excludes halogenated alkanes) is 5. The third kappa shape index (κ3) is 22.4. The second-order valence-electron chi connectivity index (χ2n) is 19.3. The minimum atomic E-state index is 0.188. The van der Waals surface area contributed by atoms with Gasteiger partial charge in [-0.15, -0.1) is 0 Å². The summed E-state index contributed by atoms with van der Waals surface area (Å²) in [6, 6.07) is 25.2. The van der Waals surface area contributed by atoms with Gasteiger partial charge in [-0.2, -0.15) is 15.8 Å². The molecule has 0 aliphatic rings. The molecule has 3 aromatic carbocycles. The molecule has 6 unspecified atom stereocenters. The zero-order chi connectivity index (χ0) is 48.7. The van der Waals surface area contributed by atoms with Crippen molar-refractivity contribution < 1.29 is 19.7 Å². The summed E-state index contributed by atoms with van der Waals surface area (Å²) < 4.78 is 10.5.